The first-order valence-corrected chi connectivity index (χ1v) is 9.83. The molecule has 3 aliphatic rings. The van der Waals surface area contributed by atoms with Crippen molar-refractivity contribution in [3.05, 3.63) is 52.2 Å². The van der Waals surface area contributed by atoms with Crippen molar-refractivity contribution >= 4 is 5.95 Å². The van der Waals surface area contributed by atoms with E-state index in [1.165, 1.54) is 12.1 Å². The summed E-state index contributed by atoms with van der Waals surface area (Å²) in [7, 11) is 0. The zero-order chi connectivity index (χ0) is 18.2. The summed E-state index contributed by atoms with van der Waals surface area (Å²) in [5, 5.41) is 0. The molecular weight excluding hydrogens is 342 g/mol. The highest BCUT2D eigenvalue weighted by Gasteiger charge is 2.34. The van der Waals surface area contributed by atoms with Gasteiger partial charge in [0.15, 0.2) is 0 Å². The summed E-state index contributed by atoms with van der Waals surface area (Å²) in [5.41, 5.74) is 2.40. The SMILES string of the molecule is O=c1cccc2n1CC1CC2CN(Cc2ccnc(N3CCOCC3)n2)C1. The summed E-state index contributed by atoms with van der Waals surface area (Å²) in [4.78, 5) is 26.1. The fourth-order valence-electron chi connectivity index (χ4n) is 4.74. The minimum Gasteiger partial charge on any atom is -0.378 e. The lowest BCUT2D eigenvalue weighted by molar-refractivity contribution is 0.113. The third-order valence-corrected chi connectivity index (χ3v) is 5.94. The molecule has 2 bridgehead atoms. The first-order valence-electron chi connectivity index (χ1n) is 9.83. The number of pyridine rings is 1. The summed E-state index contributed by atoms with van der Waals surface area (Å²) in [6.07, 6.45) is 3.05. The van der Waals surface area contributed by atoms with Crippen molar-refractivity contribution in [2.24, 2.45) is 5.92 Å². The van der Waals surface area contributed by atoms with Crippen molar-refractivity contribution in [2.45, 2.75) is 25.4 Å². The first-order chi connectivity index (χ1) is 13.3. The number of rotatable bonds is 3. The highest BCUT2D eigenvalue weighted by Crippen LogP contribution is 2.35. The molecule has 0 aromatic carbocycles. The summed E-state index contributed by atoms with van der Waals surface area (Å²) in [6.45, 7) is 6.86. The Bertz CT molecular complexity index is 877. The van der Waals surface area contributed by atoms with Gasteiger partial charge in [0, 0.05) is 63.1 Å². The van der Waals surface area contributed by atoms with Gasteiger partial charge in [0.1, 0.15) is 0 Å². The Labute approximate surface area is 158 Å². The van der Waals surface area contributed by atoms with Crippen molar-refractivity contribution in [3.63, 3.8) is 0 Å². The third kappa shape index (κ3) is 3.37. The molecule has 2 unspecified atom stereocenters. The number of hydrogen-bond acceptors (Lipinski definition) is 6. The van der Waals surface area contributed by atoms with E-state index in [4.69, 9.17) is 9.72 Å². The molecule has 7 heteroatoms. The molecule has 2 atom stereocenters. The molecule has 0 spiro atoms. The van der Waals surface area contributed by atoms with Gasteiger partial charge in [-0.05, 0) is 24.5 Å². The second-order valence-corrected chi connectivity index (χ2v) is 7.84. The number of fused-ring (bicyclic) bond motifs is 4. The molecule has 2 saturated heterocycles. The van der Waals surface area contributed by atoms with Crippen LogP contribution in [-0.2, 0) is 17.8 Å². The molecule has 2 aromatic heterocycles. The van der Waals surface area contributed by atoms with Crippen molar-refractivity contribution < 1.29 is 4.74 Å². The maximum absolute atomic E-state index is 12.2. The van der Waals surface area contributed by atoms with Crippen LogP contribution in [0.1, 0.15) is 23.7 Å². The average molecular weight is 367 g/mol. The van der Waals surface area contributed by atoms with Gasteiger partial charge in [-0.3, -0.25) is 9.69 Å². The maximum Gasteiger partial charge on any atom is 0.250 e. The molecule has 0 saturated carbocycles. The molecule has 5 rings (SSSR count). The Morgan fingerprint density at radius 2 is 2.00 bits per heavy atom. The normalized spacial score (nSPS) is 25.3. The summed E-state index contributed by atoms with van der Waals surface area (Å²) in [5.74, 6) is 1.79. The second kappa shape index (κ2) is 7.05. The van der Waals surface area contributed by atoms with Gasteiger partial charge in [-0.25, -0.2) is 9.97 Å². The van der Waals surface area contributed by atoms with E-state index in [0.717, 1.165) is 64.1 Å². The van der Waals surface area contributed by atoms with Crippen molar-refractivity contribution in [2.75, 3.05) is 44.3 Å². The summed E-state index contributed by atoms with van der Waals surface area (Å²) >= 11 is 0. The van der Waals surface area contributed by atoms with Gasteiger partial charge < -0.3 is 14.2 Å². The largest absolute Gasteiger partial charge is 0.378 e. The van der Waals surface area contributed by atoms with Crippen LogP contribution < -0.4 is 10.5 Å². The zero-order valence-electron chi connectivity index (χ0n) is 15.5. The molecule has 3 aliphatic heterocycles. The van der Waals surface area contributed by atoms with Gasteiger partial charge >= 0.3 is 0 Å². The lowest BCUT2D eigenvalue weighted by atomic mass is 9.83. The maximum atomic E-state index is 12.2. The quantitative estimate of drug-likeness (QED) is 0.809. The van der Waals surface area contributed by atoms with Crippen LogP contribution in [0.5, 0.6) is 0 Å². The van der Waals surface area contributed by atoms with Gasteiger partial charge in [-0.2, -0.15) is 0 Å². The highest BCUT2D eigenvalue weighted by molar-refractivity contribution is 5.30. The van der Waals surface area contributed by atoms with Crippen LogP contribution in [-0.4, -0.2) is 58.8 Å². The van der Waals surface area contributed by atoms with E-state index in [2.05, 4.69) is 20.9 Å². The van der Waals surface area contributed by atoms with E-state index in [1.807, 2.05) is 22.9 Å². The zero-order valence-corrected chi connectivity index (χ0v) is 15.5. The van der Waals surface area contributed by atoms with Gasteiger partial charge in [-0.1, -0.05) is 6.07 Å². The fraction of sp³-hybridized carbons (Fsp3) is 0.550. The predicted octanol–water partition coefficient (Wildman–Crippen LogP) is 1.09. The van der Waals surface area contributed by atoms with Crippen LogP contribution in [0.2, 0.25) is 0 Å². The van der Waals surface area contributed by atoms with E-state index in [9.17, 15) is 4.79 Å². The van der Waals surface area contributed by atoms with Gasteiger partial charge in [-0.15, -0.1) is 0 Å². The Kier molecular flexibility index (Phi) is 4.41. The Morgan fingerprint density at radius 3 is 2.89 bits per heavy atom. The lowest BCUT2D eigenvalue weighted by Crippen LogP contribution is -2.46. The molecule has 142 valence electrons. The van der Waals surface area contributed by atoms with Crippen LogP contribution >= 0.6 is 0 Å². The average Bonchev–Trinajstić information content (AvgIpc) is 2.70. The molecule has 27 heavy (non-hydrogen) atoms. The summed E-state index contributed by atoms with van der Waals surface area (Å²) in [6, 6.07) is 7.71. The van der Waals surface area contributed by atoms with Crippen molar-refractivity contribution in [1.29, 1.82) is 0 Å². The number of anilines is 1. The Hall–Kier alpha value is -2.25. The molecule has 2 aromatic rings. The monoisotopic (exact) mass is 367 g/mol. The number of morpholine rings is 1. The highest BCUT2D eigenvalue weighted by atomic mass is 16.5. The van der Waals surface area contributed by atoms with Crippen LogP contribution in [0.4, 0.5) is 5.95 Å². The molecule has 0 radical (unpaired) electrons. The standard InChI is InChI=1S/C20H25N5O2/c26-19-3-1-2-18-16-10-15(12-25(18)19)11-23(13-16)14-17-4-5-21-20(22-17)24-6-8-27-9-7-24/h1-5,15-16H,6-14H2. The van der Waals surface area contributed by atoms with E-state index in [0.29, 0.717) is 11.8 Å². The molecular formula is C20H25N5O2. The van der Waals surface area contributed by atoms with Crippen LogP contribution in [0.3, 0.4) is 0 Å². The number of ether oxygens (including phenoxy) is 1. The fourth-order valence-corrected chi connectivity index (χ4v) is 4.74. The number of aromatic nitrogens is 3. The van der Waals surface area contributed by atoms with E-state index < -0.39 is 0 Å². The topological polar surface area (TPSA) is 63.5 Å². The number of hydrogen-bond donors (Lipinski definition) is 0. The van der Waals surface area contributed by atoms with Crippen molar-refractivity contribution in [1.82, 2.24) is 19.4 Å². The molecule has 0 amide bonds. The van der Waals surface area contributed by atoms with E-state index in [-0.39, 0.29) is 5.56 Å². The smallest absolute Gasteiger partial charge is 0.250 e. The first kappa shape index (κ1) is 16.9. The number of likely N-dealkylation sites (tertiary alicyclic amines) is 1. The molecule has 7 nitrogen and oxygen atoms in total. The Morgan fingerprint density at radius 1 is 1.11 bits per heavy atom. The lowest BCUT2D eigenvalue weighted by Gasteiger charge is -2.42. The number of nitrogens with zero attached hydrogens (tertiary/aromatic N) is 5. The minimum absolute atomic E-state index is 0.140. The molecule has 2 fully saturated rings. The number of piperidine rings is 1. The predicted molar refractivity (Wildman–Crippen MR) is 102 cm³/mol. The molecule has 5 heterocycles. The van der Waals surface area contributed by atoms with E-state index >= 15 is 0 Å². The Balaban J connectivity index is 1.32. The third-order valence-electron chi connectivity index (χ3n) is 5.94. The van der Waals surface area contributed by atoms with Gasteiger partial charge in [0.05, 0.1) is 18.9 Å². The molecule has 0 N–H and O–H groups in total. The van der Waals surface area contributed by atoms with Crippen LogP contribution in [0.25, 0.3) is 0 Å². The van der Waals surface area contributed by atoms with Crippen LogP contribution in [0, 0.1) is 5.92 Å². The van der Waals surface area contributed by atoms with Gasteiger partial charge in [0.25, 0.3) is 5.56 Å². The van der Waals surface area contributed by atoms with E-state index in [1.54, 1.807) is 6.07 Å². The van der Waals surface area contributed by atoms with Crippen molar-refractivity contribution in [3.8, 4) is 0 Å². The summed E-state index contributed by atoms with van der Waals surface area (Å²) < 4.78 is 7.41. The van der Waals surface area contributed by atoms with Crippen LogP contribution in [0.15, 0.2) is 35.3 Å². The van der Waals surface area contributed by atoms with Gasteiger partial charge in [0.2, 0.25) is 5.95 Å². The minimum atomic E-state index is 0.140. The second-order valence-electron chi connectivity index (χ2n) is 7.84. The molecule has 0 aliphatic carbocycles.